The number of amides is 1. The van der Waals surface area contributed by atoms with Crippen LogP contribution in [0, 0.1) is 0 Å². The normalized spacial score (nSPS) is 19.6. The van der Waals surface area contributed by atoms with Crippen molar-refractivity contribution in [1.29, 1.82) is 0 Å². The number of carbonyl (C=O) groups excluding carboxylic acids is 1. The molecule has 0 aromatic heterocycles. The molecule has 0 heterocycles. The second kappa shape index (κ2) is 8.48. The molecular weight excluding hydrogens is 226 g/mol. The average molecular weight is 255 g/mol. The van der Waals surface area contributed by atoms with Crippen molar-refractivity contribution < 1.29 is 4.79 Å². The van der Waals surface area contributed by atoms with Gasteiger partial charge in [0.25, 0.3) is 0 Å². The second-order valence-corrected chi connectivity index (χ2v) is 5.76. The first-order chi connectivity index (χ1) is 8.58. The molecule has 1 rings (SSSR count). The van der Waals surface area contributed by atoms with Gasteiger partial charge < -0.3 is 11.1 Å². The van der Waals surface area contributed by atoms with E-state index in [0.29, 0.717) is 12.6 Å². The molecule has 1 atom stereocenters. The molecule has 18 heavy (non-hydrogen) atoms. The number of carbonyl (C=O) groups is 1. The molecule has 106 valence electrons. The number of hydrogen-bond donors (Lipinski definition) is 2. The Hall–Kier alpha value is -0.610. The summed E-state index contributed by atoms with van der Waals surface area (Å²) in [5.41, 5.74) is 5.71. The van der Waals surface area contributed by atoms with Crippen LogP contribution in [0.5, 0.6) is 0 Å². The van der Waals surface area contributed by atoms with Gasteiger partial charge in [-0.25, -0.2) is 0 Å². The smallest absolute Gasteiger partial charge is 0.234 e. The molecule has 0 aromatic rings. The maximum atomic E-state index is 11.9. The molecule has 0 bridgehead atoms. The fraction of sp³-hybridized carbons (Fsp3) is 0.929. The zero-order valence-electron chi connectivity index (χ0n) is 12.0. The van der Waals surface area contributed by atoms with Gasteiger partial charge in [-0.15, -0.1) is 0 Å². The van der Waals surface area contributed by atoms with E-state index in [1.54, 1.807) is 0 Å². The summed E-state index contributed by atoms with van der Waals surface area (Å²) in [7, 11) is 1.98. The van der Waals surface area contributed by atoms with Crippen LogP contribution in [0.2, 0.25) is 0 Å². The van der Waals surface area contributed by atoms with Crippen LogP contribution in [-0.4, -0.2) is 43.0 Å². The fourth-order valence-corrected chi connectivity index (χ4v) is 2.45. The highest BCUT2D eigenvalue weighted by Gasteiger charge is 2.15. The molecule has 1 fully saturated rings. The molecule has 1 saturated carbocycles. The van der Waals surface area contributed by atoms with Crippen LogP contribution in [0.4, 0.5) is 0 Å². The maximum absolute atomic E-state index is 11.9. The highest BCUT2D eigenvalue weighted by molar-refractivity contribution is 5.78. The Balaban J connectivity index is 2.19. The van der Waals surface area contributed by atoms with Gasteiger partial charge in [0.15, 0.2) is 0 Å². The van der Waals surface area contributed by atoms with Crippen molar-refractivity contribution in [3.8, 4) is 0 Å². The SMILES string of the molecule is CC(N)CCN(C)CC(=O)NC1CCCCCC1. The molecule has 4 heteroatoms. The van der Waals surface area contributed by atoms with Crippen LogP contribution < -0.4 is 11.1 Å². The number of nitrogens with two attached hydrogens (primary N) is 1. The van der Waals surface area contributed by atoms with Crippen LogP contribution in [0.25, 0.3) is 0 Å². The summed E-state index contributed by atoms with van der Waals surface area (Å²) in [5, 5.41) is 3.17. The van der Waals surface area contributed by atoms with E-state index in [1.807, 2.05) is 14.0 Å². The average Bonchev–Trinajstić information content (AvgIpc) is 2.54. The number of hydrogen-bond acceptors (Lipinski definition) is 3. The zero-order chi connectivity index (χ0) is 13.4. The van der Waals surface area contributed by atoms with Crippen molar-refractivity contribution in [3.63, 3.8) is 0 Å². The van der Waals surface area contributed by atoms with Gasteiger partial charge in [-0.3, -0.25) is 9.69 Å². The van der Waals surface area contributed by atoms with Crippen molar-refractivity contribution in [1.82, 2.24) is 10.2 Å². The van der Waals surface area contributed by atoms with Gasteiger partial charge in [0.05, 0.1) is 6.54 Å². The molecule has 1 aliphatic carbocycles. The van der Waals surface area contributed by atoms with Crippen LogP contribution in [0.1, 0.15) is 51.9 Å². The van der Waals surface area contributed by atoms with E-state index in [2.05, 4.69) is 10.2 Å². The molecule has 0 aliphatic heterocycles. The van der Waals surface area contributed by atoms with Gasteiger partial charge >= 0.3 is 0 Å². The number of likely N-dealkylation sites (N-methyl/N-ethyl adjacent to an activating group) is 1. The Morgan fingerprint density at radius 2 is 1.94 bits per heavy atom. The van der Waals surface area contributed by atoms with Crippen molar-refractivity contribution in [3.05, 3.63) is 0 Å². The van der Waals surface area contributed by atoms with E-state index in [-0.39, 0.29) is 11.9 Å². The molecule has 4 nitrogen and oxygen atoms in total. The van der Waals surface area contributed by atoms with Gasteiger partial charge in [-0.1, -0.05) is 25.7 Å². The third kappa shape index (κ3) is 6.97. The standard InChI is InChI=1S/C14H29N3O/c1-12(15)9-10-17(2)11-14(18)16-13-7-5-3-4-6-8-13/h12-13H,3-11,15H2,1-2H3,(H,16,18). The topological polar surface area (TPSA) is 58.4 Å². The number of nitrogens with zero attached hydrogens (tertiary/aromatic N) is 1. The first-order valence-electron chi connectivity index (χ1n) is 7.31. The lowest BCUT2D eigenvalue weighted by Gasteiger charge is -2.20. The Labute approximate surface area is 111 Å². The Kier molecular flexibility index (Phi) is 7.28. The summed E-state index contributed by atoms with van der Waals surface area (Å²) >= 11 is 0. The van der Waals surface area contributed by atoms with Gasteiger partial charge in [0, 0.05) is 12.1 Å². The summed E-state index contributed by atoms with van der Waals surface area (Å²) in [6, 6.07) is 0.610. The van der Waals surface area contributed by atoms with Crippen molar-refractivity contribution >= 4 is 5.91 Å². The van der Waals surface area contributed by atoms with Crippen LogP contribution in [0.15, 0.2) is 0 Å². The summed E-state index contributed by atoms with van der Waals surface area (Å²) < 4.78 is 0. The van der Waals surface area contributed by atoms with Gasteiger partial charge in [-0.2, -0.15) is 0 Å². The molecule has 1 unspecified atom stereocenters. The highest BCUT2D eigenvalue weighted by Crippen LogP contribution is 2.17. The van der Waals surface area contributed by atoms with Gasteiger partial charge in [-0.05, 0) is 39.8 Å². The summed E-state index contributed by atoms with van der Waals surface area (Å²) in [5.74, 6) is 0.161. The molecule has 1 aliphatic rings. The molecule has 0 aromatic carbocycles. The number of rotatable bonds is 6. The van der Waals surface area contributed by atoms with E-state index in [4.69, 9.17) is 5.73 Å². The molecule has 0 spiro atoms. The van der Waals surface area contributed by atoms with E-state index in [0.717, 1.165) is 25.8 Å². The van der Waals surface area contributed by atoms with Gasteiger partial charge in [0.2, 0.25) is 5.91 Å². The zero-order valence-corrected chi connectivity index (χ0v) is 12.0. The minimum absolute atomic E-state index is 0.161. The maximum Gasteiger partial charge on any atom is 0.234 e. The van der Waals surface area contributed by atoms with Gasteiger partial charge in [0.1, 0.15) is 0 Å². The Morgan fingerprint density at radius 1 is 1.33 bits per heavy atom. The predicted molar refractivity (Wildman–Crippen MR) is 75.4 cm³/mol. The monoisotopic (exact) mass is 255 g/mol. The van der Waals surface area contributed by atoms with Crippen molar-refractivity contribution in [2.45, 2.75) is 64.0 Å². The van der Waals surface area contributed by atoms with E-state index in [1.165, 1.54) is 25.7 Å². The minimum Gasteiger partial charge on any atom is -0.352 e. The van der Waals surface area contributed by atoms with Crippen LogP contribution in [-0.2, 0) is 4.79 Å². The summed E-state index contributed by atoms with van der Waals surface area (Å²) in [6.45, 7) is 3.37. The summed E-state index contributed by atoms with van der Waals surface area (Å²) in [4.78, 5) is 13.9. The first kappa shape index (κ1) is 15.4. The highest BCUT2D eigenvalue weighted by atomic mass is 16.2. The Bertz CT molecular complexity index is 235. The van der Waals surface area contributed by atoms with Crippen molar-refractivity contribution in [2.75, 3.05) is 20.1 Å². The van der Waals surface area contributed by atoms with E-state index in [9.17, 15) is 4.79 Å². The first-order valence-corrected chi connectivity index (χ1v) is 7.31. The largest absolute Gasteiger partial charge is 0.352 e. The third-order valence-corrected chi connectivity index (χ3v) is 3.60. The Morgan fingerprint density at radius 3 is 2.50 bits per heavy atom. The lowest BCUT2D eigenvalue weighted by Crippen LogP contribution is -2.41. The van der Waals surface area contributed by atoms with E-state index < -0.39 is 0 Å². The van der Waals surface area contributed by atoms with Crippen LogP contribution >= 0.6 is 0 Å². The molecule has 3 N–H and O–H groups in total. The van der Waals surface area contributed by atoms with E-state index >= 15 is 0 Å². The number of nitrogens with one attached hydrogen (secondary N) is 1. The fourth-order valence-electron chi connectivity index (χ4n) is 2.45. The molecular formula is C14H29N3O. The molecule has 0 saturated heterocycles. The summed E-state index contributed by atoms with van der Waals surface area (Å²) in [6.07, 6.45) is 8.38. The van der Waals surface area contributed by atoms with Crippen molar-refractivity contribution in [2.24, 2.45) is 5.73 Å². The second-order valence-electron chi connectivity index (χ2n) is 5.76. The quantitative estimate of drug-likeness (QED) is 0.707. The van der Waals surface area contributed by atoms with Crippen LogP contribution in [0.3, 0.4) is 0 Å². The minimum atomic E-state index is 0.161. The lowest BCUT2D eigenvalue weighted by atomic mass is 10.1. The lowest BCUT2D eigenvalue weighted by molar-refractivity contribution is -0.122. The predicted octanol–water partition coefficient (Wildman–Crippen LogP) is 1.49. The third-order valence-electron chi connectivity index (χ3n) is 3.60. The molecule has 0 radical (unpaired) electrons. The molecule has 1 amide bonds.